The molecule has 0 aliphatic heterocycles. The lowest BCUT2D eigenvalue weighted by molar-refractivity contribution is 0.687. The van der Waals surface area contributed by atoms with Gasteiger partial charge in [-0.2, -0.15) is 0 Å². The van der Waals surface area contributed by atoms with Crippen molar-refractivity contribution in [3.05, 3.63) is 69.2 Å². The second-order valence-electron chi connectivity index (χ2n) is 4.59. The number of hydrogen-bond acceptors (Lipinski definition) is 1. The normalized spacial score (nSPS) is 12.4. The Balaban J connectivity index is 2.49. The van der Waals surface area contributed by atoms with Gasteiger partial charge in [-0.1, -0.05) is 52.3 Å². The van der Waals surface area contributed by atoms with Crippen LogP contribution in [0.15, 0.2) is 46.9 Å². The average molecular weight is 304 g/mol. The first kappa shape index (κ1) is 13.3. The van der Waals surface area contributed by atoms with E-state index in [1.54, 1.807) is 0 Å². The Labute approximate surface area is 117 Å². The van der Waals surface area contributed by atoms with Gasteiger partial charge in [-0.3, -0.25) is 0 Å². The zero-order chi connectivity index (χ0) is 13.1. The summed E-state index contributed by atoms with van der Waals surface area (Å²) in [6.07, 6.45) is 0. The van der Waals surface area contributed by atoms with Gasteiger partial charge in [-0.15, -0.1) is 0 Å². The molecule has 1 N–H and O–H groups in total. The highest BCUT2D eigenvalue weighted by atomic mass is 79.9. The monoisotopic (exact) mass is 303 g/mol. The summed E-state index contributed by atoms with van der Waals surface area (Å²) in [6, 6.07) is 15.2. The van der Waals surface area contributed by atoms with Crippen molar-refractivity contribution in [3.8, 4) is 0 Å². The van der Waals surface area contributed by atoms with Gasteiger partial charge in [-0.25, -0.2) is 0 Å². The second kappa shape index (κ2) is 5.68. The fourth-order valence-electron chi connectivity index (χ4n) is 2.26. The summed E-state index contributed by atoms with van der Waals surface area (Å²) in [7, 11) is 2.01. The van der Waals surface area contributed by atoms with Crippen molar-refractivity contribution in [3.63, 3.8) is 0 Å². The molecule has 0 aliphatic rings. The highest BCUT2D eigenvalue weighted by Crippen LogP contribution is 2.29. The van der Waals surface area contributed by atoms with E-state index in [-0.39, 0.29) is 6.04 Å². The molecule has 0 saturated heterocycles. The van der Waals surface area contributed by atoms with Crippen LogP contribution >= 0.6 is 15.9 Å². The Morgan fingerprint density at radius 3 is 2.28 bits per heavy atom. The molecule has 2 heteroatoms. The summed E-state index contributed by atoms with van der Waals surface area (Å²) < 4.78 is 1.17. The largest absolute Gasteiger partial charge is 0.309 e. The van der Waals surface area contributed by atoms with Crippen molar-refractivity contribution < 1.29 is 0 Å². The molecular weight excluding hydrogens is 286 g/mol. The maximum absolute atomic E-state index is 3.59. The standard InChI is InChI=1S/C16H18BrN/c1-11-10-15(17)12(2)9-14(11)16(18-3)13-7-5-4-6-8-13/h4-10,16,18H,1-3H3. The van der Waals surface area contributed by atoms with E-state index in [1.807, 2.05) is 7.05 Å². The van der Waals surface area contributed by atoms with E-state index in [0.717, 1.165) is 0 Å². The van der Waals surface area contributed by atoms with Crippen molar-refractivity contribution in [1.29, 1.82) is 0 Å². The molecule has 0 amide bonds. The SMILES string of the molecule is CNC(c1ccccc1)c1cc(C)c(Br)cc1C. The van der Waals surface area contributed by atoms with Crippen LogP contribution in [0.4, 0.5) is 0 Å². The summed E-state index contributed by atoms with van der Waals surface area (Å²) in [5.41, 5.74) is 5.21. The lowest BCUT2D eigenvalue weighted by atomic mass is 9.94. The predicted molar refractivity (Wildman–Crippen MR) is 81.0 cm³/mol. The molecule has 2 aromatic rings. The van der Waals surface area contributed by atoms with E-state index in [4.69, 9.17) is 0 Å². The van der Waals surface area contributed by atoms with E-state index in [9.17, 15) is 0 Å². The van der Waals surface area contributed by atoms with Crippen LogP contribution in [0.2, 0.25) is 0 Å². The maximum atomic E-state index is 3.59. The van der Waals surface area contributed by atoms with E-state index in [2.05, 4.69) is 77.6 Å². The van der Waals surface area contributed by atoms with Gasteiger partial charge in [0.25, 0.3) is 0 Å². The van der Waals surface area contributed by atoms with Crippen LogP contribution in [0, 0.1) is 13.8 Å². The van der Waals surface area contributed by atoms with Crippen LogP contribution in [0.3, 0.4) is 0 Å². The quantitative estimate of drug-likeness (QED) is 0.887. The number of nitrogens with one attached hydrogen (secondary N) is 1. The molecule has 1 unspecified atom stereocenters. The van der Waals surface area contributed by atoms with Gasteiger partial charge < -0.3 is 5.32 Å². The van der Waals surface area contributed by atoms with Crippen LogP contribution in [0.5, 0.6) is 0 Å². The smallest absolute Gasteiger partial charge is 0.0577 e. The minimum absolute atomic E-state index is 0.248. The summed E-state index contributed by atoms with van der Waals surface area (Å²) >= 11 is 3.59. The fraction of sp³-hybridized carbons (Fsp3) is 0.250. The summed E-state index contributed by atoms with van der Waals surface area (Å²) in [6.45, 7) is 4.29. The van der Waals surface area contributed by atoms with E-state index < -0.39 is 0 Å². The topological polar surface area (TPSA) is 12.0 Å². The van der Waals surface area contributed by atoms with Crippen molar-refractivity contribution in [1.82, 2.24) is 5.32 Å². The van der Waals surface area contributed by atoms with Gasteiger partial charge in [0, 0.05) is 4.47 Å². The molecular formula is C16H18BrN. The van der Waals surface area contributed by atoms with Gasteiger partial charge in [0.1, 0.15) is 0 Å². The summed E-state index contributed by atoms with van der Waals surface area (Å²) in [4.78, 5) is 0. The zero-order valence-electron chi connectivity index (χ0n) is 11.0. The molecule has 0 aliphatic carbocycles. The van der Waals surface area contributed by atoms with Gasteiger partial charge in [0.05, 0.1) is 6.04 Å². The van der Waals surface area contributed by atoms with Gasteiger partial charge >= 0.3 is 0 Å². The van der Waals surface area contributed by atoms with Gasteiger partial charge in [0.2, 0.25) is 0 Å². The molecule has 94 valence electrons. The molecule has 1 atom stereocenters. The predicted octanol–water partition coefficient (Wildman–Crippen LogP) is 4.37. The van der Waals surface area contributed by atoms with Crippen molar-refractivity contribution in [2.45, 2.75) is 19.9 Å². The van der Waals surface area contributed by atoms with Crippen molar-refractivity contribution in [2.75, 3.05) is 7.05 Å². The third kappa shape index (κ3) is 2.65. The minimum Gasteiger partial charge on any atom is -0.309 e. The first-order chi connectivity index (χ1) is 8.63. The Hall–Kier alpha value is -1.12. The lowest BCUT2D eigenvalue weighted by Gasteiger charge is -2.20. The van der Waals surface area contributed by atoms with E-state index in [1.165, 1.54) is 26.7 Å². The maximum Gasteiger partial charge on any atom is 0.0577 e. The molecule has 2 rings (SSSR count). The fourth-order valence-corrected chi connectivity index (χ4v) is 2.72. The highest BCUT2D eigenvalue weighted by Gasteiger charge is 2.14. The molecule has 0 fully saturated rings. The van der Waals surface area contributed by atoms with E-state index >= 15 is 0 Å². The molecule has 0 aromatic heterocycles. The van der Waals surface area contributed by atoms with Crippen LogP contribution in [-0.4, -0.2) is 7.05 Å². The number of hydrogen-bond donors (Lipinski definition) is 1. The first-order valence-corrected chi connectivity index (χ1v) is 6.91. The molecule has 18 heavy (non-hydrogen) atoms. The number of halogens is 1. The number of benzene rings is 2. The molecule has 1 nitrogen and oxygen atoms in total. The molecule has 0 saturated carbocycles. The van der Waals surface area contributed by atoms with Crippen molar-refractivity contribution >= 4 is 15.9 Å². The van der Waals surface area contributed by atoms with Crippen LogP contribution in [0.25, 0.3) is 0 Å². The molecule has 0 spiro atoms. The van der Waals surface area contributed by atoms with Gasteiger partial charge in [0.15, 0.2) is 0 Å². The molecule has 0 bridgehead atoms. The first-order valence-electron chi connectivity index (χ1n) is 6.12. The Kier molecular flexibility index (Phi) is 4.20. The third-order valence-electron chi connectivity index (χ3n) is 3.28. The zero-order valence-corrected chi connectivity index (χ0v) is 12.6. The average Bonchev–Trinajstić information content (AvgIpc) is 2.38. The third-order valence-corrected chi connectivity index (χ3v) is 4.13. The molecule has 0 radical (unpaired) electrons. The minimum atomic E-state index is 0.248. The van der Waals surface area contributed by atoms with Crippen LogP contribution in [-0.2, 0) is 0 Å². The van der Waals surface area contributed by atoms with Gasteiger partial charge in [-0.05, 0) is 49.2 Å². The number of aryl methyl sites for hydroxylation is 2. The van der Waals surface area contributed by atoms with Crippen LogP contribution in [0.1, 0.15) is 28.3 Å². The summed E-state index contributed by atoms with van der Waals surface area (Å²) in [5, 5.41) is 3.41. The summed E-state index contributed by atoms with van der Waals surface area (Å²) in [5.74, 6) is 0. The molecule has 2 aromatic carbocycles. The Morgan fingerprint density at radius 1 is 1.00 bits per heavy atom. The highest BCUT2D eigenvalue weighted by molar-refractivity contribution is 9.10. The van der Waals surface area contributed by atoms with E-state index in [0.29, 0.717) is 0 Å². The van der Waals surface area contributed by atoms with Crippen LogP contribution < -0.4 is 5.32 Å². The number of rotatable bonds is 3. The Bertz CT molecular complexity index is 534. The lowest BCUT2D eigenvalue weighted by Crippen LogP contribution is -2.18. The van der Waals surface area contributed by atoms with Crippen molar-refractivity contribution in [2.24, 2.45) is 0 Å². The Morgan fingerprint density at radius 2 is 1.67 bits per heavy atom. The second-order valence-corrected chi connectivity index (χ2v) is 5.44. The molecule has 0 heterocycles.